The molecule has 2 aromatic heterocycles. The first kappa shape index (κ1) is 10.1. The summed E-state index contributed by atoms with van der Waals surface area (Å²) in [4.78, 5) is 4.19. The third kappa shape index (κ3) is 1.50. The van der Waals surface area contributed by atoms with E-state index in [2.05, 4.69) is 10.1 Å². The zero-order valence-corrected chi connectivity index (χ0v) is 9.04. The lowest BCUT2D eigenvalue weighted by Gasteiger charge is -2.03. The van der Waals surface area contributed by atoms with Crippen LogP contribution in [0.25, 0.3) is 5.65 Å². The summed E-state index contributed by atoms with van der Waals surface area (Å²) in [5.74, 6) is 0.00404. The van der Waals surface area contributed by atoms with Gasteiger partial charge < -0.3 is 10.0 Å². The monoisotopic (exact) mass is 237 g/mol. The van der Waals surface area contributed by atoms with E-state index >= 15 is 0 Å². The minimum atomic E-state index is -1.27. The molecule has 7 heteroatoms. The van der Waals surface area contributed by atoms with Gasteiger partial charge in [-0.05, 0) is 18.4 Å². The van der Waals surface area contributed by atoms with Crippen molar-refractivity contribution in [1.82, 2.24) is 14.6 Å². The smallest absolute Gasteiger partial charge is 0.427 e. The predicted molar refractivity (Wildman–Crippen MR) is 59.3 cm³/mol. The summed E-state index contributed by atoms with van der Waals surface area (Å²) in [6.45, 7) is 0. The maximum Gasteiger partial charge on any atom is 0.455 e. The van der Waals surface area contributed by atoms with Crippen LogP contribution in [-0.2, 0) is 0 Å². The normalized spacial score (nSPS) is 23.7. The van der Waals surface area contributed by atoms with Gasteiger partial charge >= 0.3 is 7.12 Å². The van der Waals surface area contributed by atoms with E-state index < -0.39 is 7.12 Å². The van der Waals surface area contributed by atoms with Crippen molar-refractivity contribution in [3.8, 4) is 0 Å². The van der Waals surface area contributed by atoms with E-state index in [9.17, 15) is 0 Å². The lowest BCUT2D eigenvalue weighted by molar-refractivity contribution is 0.402. The molecule has 1 aliphatic carbocycles. The summed E-state index contributed by atoms with van der Waals surface area (Å²) >= 11 is 5.90. The molecule has 0 aromatic carbocycles. The maximum atomic E-state index is 9.10. The van der Waals surface area contributed by atoms with E-state index in [4.69, 9.17) is 21.6 Å². The minimum Gasteiger partial charge on any atom is -0.427 e. The fraction of sp³-hybridized carbons (Fsp3) is 0.333. The Morgan fingerprint density at radius 3 is 3.00 bits per heavy atom. The maximum absolute atomic E-state index is 9.10. The summed E-state index contributed by atoms with van der Waals surface area (Å²) < 4.78 is 1.61. The lowest BCUT2D eigenvalue weighted by Crippen LogP contribution is -2.11. The highest BCUT2D eigenvalue weighted by atomic mass is 35.5. The molecule has 1 fully saturated rings. The van der Waals surface area contributed by atoms with Gasteiger partial charge in [0.15, 0.2) is 5.65 Å². The SMILES string of the molecule is OB(O)C1CC1c1cc(Cl)nn2ccnc12. The van der Waals surface area contributed by atoms with Gasteiger partial charge in [-0.25, -0.2) is 9.50 Å². The molecular weight excluding hydrogens is 228 g/mol. The van der Waals surface area contributed by atoms with E-state index in [1.807, 2.05) is 0 Å². The van der Waals surface area contributed by atoms with Crippen LogP contribution in [0.5, 0.6) is 0 Å². The van der Waals surface area contributed by atoms with Crippen molar-refractivity contribution in [1.29, 1.82) is 0 Å². The van der Waals surface area contributed by atoms with Gasteiger partial charge in [-0.1, -0.05) is 11.6 Å². The lowest BCUT2D eigenvalue weighted by atomic mass is 9.81. The Hall–Kier alpha value is -1.11. The highest BCUT2D eigenvalue weighted by Gasteiger charge is 2.47. The van der Waals surface area contributed by atoms with E-state index in [0.29, 0.717) is 5.15 Å². The minimum absolute atomic E-state index is 0.112. The van der Waals surface area contributed by atoms with Crippen LogP contribution in [-0.4, -0.2) is 31.8 Å². The second kappa shape index (κ2) is 3.45. The Balaban J connectivity index is 2.07. The summed E-state index contributed by atoms with van der Waals surface area (Å²) in [7, 11) is -1.27. The molecule has 3 rings (SSSR count). The number of hydrogen-bond donors (Lipinski definition) is 2. The number of rotatable bonds is 2. The molecule has 2 heterocycles. The van der Waals surface area contributed by atoms with Crippen LogP contribution >= 0.6 is 11.6 Å². The van der Waals surface area contributed by atoms with E-state index in [0.717, 1.165) is 17.6 Å². The molecule has 82 valence electrons. The molecule has 1 aliphatic rings. The van der Waals surface area contributed by atoms with Gasteiger partial charge in [0.25, 0.3) is 0 Å². The summed E-state index contributed by atoms with van der Waals surface area (Å²) in [5, 5.41) is 22.6. The molecule has 0 amide bonds. The van der Waals surface area contributed by atoms with Crippen LogP contribution in [0.15, 0.2) is 18.5 Å². The van der Waals surface area contributed by atoms with Crippen molar-refractivity contribution < 1.29 is 10.0 Å². The first-order chi connectivity index (χ1) is 7.66. The molecule has 2 N–H and O–H groups in total. The first-order valence-corrected chi connectivity index (χ1v) is 5.40. The second-order valence-electron chi connectivity index (χ2n) is 4.04. The van der Waals surface area contributed by atoms with Crippen LogP contribution in [0.4, 0.5) is 0 Å². The van der Waals surface area contributed by atoms with E-state index in [1.165, 1.54) is 0 Å². The standard InChI is InChI=1S/C9H9BClN3O2/c11-8-4-6(5-3-7(5)10(15)16)9-12-1-2-14(9)13-8/h1-2,4-5,7,15-16H,3H2. The summed E-state index contributed by atoms with van der Waals surface area (Å²) in [5.41, 5.74) is 1.67. The molecule has 0 spiro atoms. The summed E-state index contributed by atoms with van der Waals surface area (Å²) in [6.07, 6.45) is 4.12. The van der Waals surface area contributed by atoms with E-state index in [-0.39, 0.29) is 11.7 Å². The summed E-state index contributed by atoms with van der Waals surface area (Å²) in [6, 6.07) is 1.75. The van der Waals surface area contributed by atoms with Crippen LogP contribution in [0.2, 0.25) is 11.0 Å². The number of nitrogens with zero attached hydrogens (tertiary/aromatic N) is 3. The fourth-order valence-corrected chi connectivity index (χ4v) is 2.28. The topological polar surface area (TPSA) is 70.7 Å². The second-order valence-corrected chi connectivity index (χ2v) is 4.42. The van der Waals surface area contributed by atoms with Crippen molar-refractivity contribution >= 4 is 24.4 Å². The predicted octanol–water partition coefficient (Wildman–Crippen LogP) is 0.713. The Labute approximate surface area is 96.8 Å². The molecule has 0 aliphatic heterocycles. The molecule has 2 aromatic rings. The van der Waals surface area contributed by atoms with Crippen molar-refractivity contribution in [3.63, 3.8) is 0 Å². The van der Waals surface area contributed by atoms with Gasteiger partial charge in [-0.2, -0.15) is 5.10 Å². The van der Waals surface area contributed by atoms with E-state index in [1.54, 1.807) is 23.0 Å². The van der Waals surface area contributed by atoms with Crippen molar-refractivity contribution in [2.75, 3.05) is 0 Å². The van der Waals surface area contributed by atoms with Crippen molar-refractivity contribution in [2.24, 2.45) is 0 Å². The molecule has 0 bridgehead atoms. The van der Waals surface area contributed by atoms with Gasteiger partial charge in [0.2, 0.25) is 0 Å². The molecule has 5 nitrogen and oxygen atoms in total. The van der Waals surface area contributed by atoms with Gasteiger partial charge in [0.05, 0.1) is 0 Å². The van der Waals surface area contributed by atoms with Gasteiger partial charge in [0, 0.05) is 23.8 Å². The van der Waals surface area contributed by atoms with Gasteiger partial charge in [-0.3, -0.25) is 0 Å². The average molecular weight is 237 g/mol. The molecule has 1 saturated carbocycles. The van der Waals surface area contributed by atoms with Crippen molar-refractivity contribution in [2.45, 2.75) is 18.2 Å². The van der Waals surface area contributed by atoms with Gasteiger partial charge in [-0.15, -0.1) is 0 Å². The van der Waals surface area contributed by atoms with Crippen LogP contribution < -0.4 is 0 Å². The number of imidazole rings is 1. The molecule has 0 saturated heterocycles. The Bertz CT molecular complexity index is 545. The van der Waals surface area contributed by atoms with Crippen LogP contribution in [0.1, 0.15) is 17.9 Å². The zero-order valence-electron chi connectivity index (χ0n) is 8.29. The number of aromatic nitrogens is 3. The average Bonchev–Trinajstić information content (AvgIpc) is 2.89. The Morgan fingerprint density at radius 1 is 1.50 bits per heavy atom. The molecule has 0 radical (unpaired) electrons. The molecule has 16 heavy (non-hydrogen) atoms. The third-order valence-corrected chi connectivity index (χ3v) is 3.16. The Morgan fingerprint density at radius 2 is 2.31 bits per heavy atom. The largest absolute Gasteiger partial charge is 0.455 e. The Kier molecular flexibility index (Phi) is 2.17. The number of fused-ring (bicyclic) bond motifs is 1. The number of halogens is 1. The first-order valence-electron chi connectivity index (χ1n) is 5.03. The molecule has 2 atom stereocenters. The van der Waals surface area contributed by atoms with Crippen LogP contribution in [0.3, 0.4) is 0 Å². The number of hydrogen-bond acceptors (Lipinski definition) is 4. The fourth-order valence-electron chi connectivity index (χ4n) is 2.08. The highest BCUT2D eigenvalue weighted by Crippen LogP contribution is 2.54. The van der Waals surface area contributed by atoms with Gasteiger partial charge in [0.1, 0.15) is 5.15 Å². The van der Waals surface area contributed by atoms with Crippen molar-refractivity contribution in [3.05, 3.63) is 29.2 Å². The van der Waals surface area contributed by atoms with Crippen LogP contribution in [0, 0.1) is 0 Å². The molecule has 2 unspecified atom stereocenters. The third-order valence-electron chi connectivity index (χ3n) is 2.98. The highest BCUT2D eigenvalue weighted by molar-refractivity contribution is 6.44. The zero-order chi connectivity index (χ0) is 11.3. The molecular formula is C9H9BClN3O2. The quantitative estimate of drug-likeness (QED) is 0.755.